The van der Waals surface area contributed by atoms with Gasteiger partial charge in [0.2, 0.25) is 0 Å². The van der Waals surface area contributed by atoms with Gasteiger partial charge in [-0.15, -0.1) is 0 Å². The van der Waals surface area contributed by atoms with Crippen molar-refractivity contribution < 1.29 is 0 Å². The molecular weight excluding hydrogens is 609 g/mol. The lowest BCUT2D eigenvalue weighted by Gasteiger charge is -2.15. The highest BCUT2D eigenvalue weighted by Gasteiger charge is 2.16. The Morgan fingerprint density at radius 3 is 1.64 bits per heavy atom. The summed E-state index contributed by atoms with van der Waals surface area (Å²) in [5, 5.41) is 16.6. The van der Waals surface area contributed by atoms with Crippen molar-refractivity contribution in [3.63, 3.8) is 0 Å². The Morgan fingerprint density at radius 1 is 0.360 bits per heavy atom. The van der Waals surface area contributed by atoms with Gasteiger partial charge in [0, 0.05) is 16.7 Å². The molecule has 1 heterocycles. The van der Waals surface area contributed by atoms with E-state index >= 15 is 0 Å². The molecule has 0 saturated heterocycles. The van der Waals surface area contributed by atoms with Crippen LogP contribution >= 0.6 is 0 Å². The van der Waals surface area contributed by atoms with Crippen LogP contribution in [0, 0.1) is 11.3 Å². The first-order chi connectivity index (χ1) is 24.7. The first kappa shape index (κ1) is 29.2. The zero-order chi connectivity index (χ0) is 33.4. The molecule has 4 heteroatoms. The second kappa shape index (κ2) is 12.2. The summed E-state index contributed by atoms with van der Waals surface area (Å²) in [6, 6.07) is 60.6. The van der Waals surface area contributed by atoms with Gasteiger partial charge in [-0.3, -0.25) is 0 Å². The van der Waals surface area contributed by atoms with Crippen LogP contribution in [0.4, 0.5) is 0 Å². The molecule has 0 saturated carbocycles. The van der Waals surface area contributed by atoms with Gasteiger partial charge >= 0.3 is 0 Å². The molecule has 8 aromatic carbocycles. The molecule has 0 spiro atoms. The smallest absolute Gasteiger partial charge is 0.164 e. The molecule has 0 aliphatic carbocycles. The lowest BCUT2D eigenvalue weighted by Crippen LogP contribution is -2.00. The molecular formula is C46H28N4. The van der Waals surface area contributed by atoms with Crippen LogP contribution in [0.3, 0.4) is 0 Å². The second-order valence-electron chi connectivity index (χ2n) is 12.4. The SMILES string of the molecule is N#Cc1ccc(-c2cccc(-c3nc(-c4ccccc4)nc(-c4ccc(-c5c6ccccc6cc6ccc7ccccc7c56)cc4)n3)c2)cc1. The molecule has 232 valence electrons. The van der Waals surface area contributed by atoms with Gasteiger partial charge < -0.3 is 0 Å². The summed E-state index contributed by atoms with van der Waals surface area (Å²) < 4.78 is 0. The highest BCUT2D eigenvalue weighted by molar-refractivity contribution is 6.21. The fourth-order valence-corrected chi connectivity index (χ4v) is 6.85. The molecule has 9 rings (SSSR count). The van der Waals surface area contributed by atoms with Crippen molar-refractivity contribution >= 4 is 32.3 Å². The maximum absolute atomic E-state index is 9.25. The standard InChI is InChI=1S/C46H28N4/c47-29-30-17-19-31(20-18-30)36-13-8-14-39(27-36)46-49-44(34-10-2-1-3-11-34)48-45(50-46)35-24-22-33(23-25-35)42-41-16-7-5-12-37(41)28-38-26-21-32-9-4-6-15-40(32)43(38)42/h1-28H. The first-order valence-corrected chi connectivity index (χ1v) is 16.6. The van der Waals surface area contributed by atoms with E-state index in [1.54, 1.807) is 0 Å². The van der Waals surface area contributed by atoms with Gasteiger partial charge in [0.25, 0.3) is 0 Å². The highest BCUT2D eigenvalue weighted by Crippen LogP contribution is 2.40. The van der Waals surface area contributed by atoms with Gasteiger partial charge in [-0.1, -0.05) is 146 Å². The van der Waals surface area contributed by atoms with Crippen LogP contribution in [-0.4, -0.2) is 15.0 Å². The van der Waals surface area contributed by atoms with Crippen LogP contribution in [-0.2, 0) is 0 Å². The molecule has 0 aliphatic heterocycles. The molecule has 50 heavy (non-hydrogen) atoms. The van der Waals surface area contributed by atoms with E-state index in [9.17, 15) is 5.26 Å². The van der Waals surface area contributed by atoms with Crippen LogP contribution in [0.2, 0.25) is 0 Å². The molecule has 1 aromatic heterocycles. The summed E-state index contributed by atoms with van der Waals surface area (Å²) in [5.41, 5.74) is 7.76. The molecule has 0 aliphatic rings. The van der Waals surface area contributed by atoms with Crippen molar-refractivity contribution in [1.29, 1.82) is 5.26 Å². The highest BCUT2D eigenvalue weighted by atomic mass is 15.0. The van der Waals surface area contributed by atoms with Crippen molar-refractivity contribution in [2.75, 3.05) is 0 Å². The Labute approximate surface area is 289 Å². The number of nitriles is 1. The molecule has 4 nitrogen and oxygen atoms in total. The fraction of sp³-hybridized carbons (Fsp3) is 0. The Kier molecular flexibility index (Phi) is 7.15. The van der Waals surface area contributed by atoms with Gasteiger partial charge in [-0.2, -0.15) is 5.26 Å². The van der Waals surface area contributed by atoms with E-state index in [4.69, 9.17) is 15.0 Å². The minimum Gasteiger partial charge on any atom is -0.208 e. The van der Waals surface area contributed by atoms with Gasteiger partial charge in [-0.25, -0.2) is 15.0 Å². The molecule has 0 radical (unpaired) electrons. The van der Waals surface area contributed by atoms with Crippen molar-refractivity contribution in [2.45, 2.75) is 0 Å². The topological polar surface area (TPSA) is 62.5 Å². The van der Waals surface area contributed by atoms with Gasteiger partial charge in [-0.05, 0) is 78.8 Å². The third-order valence-electron chi connectivity index (χ3n) is 9.32. The number of aromatic nitrogens is 3. The third-order valence-corrected chi connectivity index (χ3v) is 9.32. The molecule has 9 aromatic rings. The van der Waals surface area contributed by atoms with E-state index in [-0.39, 0.29) is 0 Å². The largest absolute Gasteiger partial charge is 0.208 e. The second-order valence-corrected chi connectivity index (χ2v) is 12.4. The Balaban J connectivity index is 1.19. The lowest BCUT2D eigenvalue weighted by atomic mass is 9.89. The number of benzene rings is 8. The first-order valence-electron chi connectivity index (χ1n) is 16.6. The van der Waals surface area contributed by atoms with Crippen LogP contribution in [0.5, 0.6) is 0 Å². The Hall–Kier alpha value is -6.96. The summed E-state index contributed by atoms with van der Waals surface area (Å²) >= 11 is 0. The minimum atomic E-state index is 0.597. The van der Waals surface area contributed by atoms with E-state index in [2.05, 4.69) is 109 Å². The number of hydrogen-bond donors (Lipinski definition) is 0. The maximum Gasteiger partial charge on any atom is 0.164 e. The average Bonchev–Trinajstić information content (AvgIpc) is 3.20. The Bertz CT molecular complexity index is 2740. The van der Waals surface area contributed by atoms with Crippen LogP contribution < -0.4 is 0 Å². The van der Waals surface area contributed by atoms with E-state index in [0.717, 1.165) is 33.4 Å². The molecule has 0 fully saturated rings. The average molecular weight is 637 g/mol. The molecule has 0 bridgehead atoms. The van der Waals surface area contributed by atoms with Crippen molar-refractivity contribution in [2.24, 2.45) is 0 Å². The third kappa shape index (κ3) is 5.24. The summed E-state index contributed by atoms with van der Waals surface area (Å²) in [6.45, 7) is 0. The number of hydrogen-bond acceptors (Lipinski definition) is 4. The van der Waals surface area contributed by atoms with Gasteiger partial charge in [0.1, 0.15) is 0 Å². The molecule has 0 atom stereocenters. The monoisotopic (exact) mass is 636 g/mol. The molecule has 0 amide bonds. The van der Waals surface area contributed by atoms with E-state index < -0.39 is 0 Å². The van der Waals surface area contributed by atoms with Crippen LogP contribution in [0.1, 0.15) is 5.56 Å². The van der Waals surface area contributed by atoms with E-state index in [0.29, 0.717) is 23.0 Å². The van der Waals surface area contributed by atoms with Crippen molar-refractivity contribution in [3.8, 4) is 62.5 Å². The molecule has 0 unspecified atom stereocenters. The zero-order valence-corrected chi connectivity index (χ0v) is 27.0. The van der Waals surface area contributed by atoms with Gasteiger partial charge in [0.05, 0.1) is 11.6 Å². The predicted octanol–water partition coefficient (Wildman–Crippen LogP) is 11.5. The normalized spacial score (nSPS) is 11.2. The van der Waals surface area contributed by atoms with Gasteiger partial charge in [0.15, 0.2) is 17.5 Å². The quantitative estimate of drug-likeness (QED) is 0.139. The lowest BCUT2D eigenvalue weighted by molar-refractivity contribution is 1.07. The number of rotatable bonds is 5. The van der Waals surface area contributed by atoms with Crippen molar-refractivity contribution in [1.82, 2.24) is 15.0 Å². The Morgan fingerprint density at radius 2 is 0.900 bits per heavy atom. The fourth-order valence-electron chi connectivity index (χ4n) is 6.85. The van der Waals surface area contributed by atoms with E-state index in [1.165, 1.54) is 37.9 Å². The summed E-state index contributed by atoms with van der Waals surface area (Å²) in [4.78, 5) is 15.0. The van der Waals surface area contributed by atoms with Crippen molar-refractivity contribution in [3.05, 3.63) is 175 Å². The summed E-state index contributed by atoms with van der Waals surface area (Å²) in [5.74, 6) is 1.82. The summed E-state index contributed by atoms with van der Waals surface area (Å²) in [6.07, 6.45) is 0. The number of nitrogens with zero attached hydrogens (tertiary/aromatic N) is 4. The summed E-state index contributed by atoms with van der Waals surface area (Å²) in [7, 11) is 0. The number of fused-ring (bicyclic) bond motifs is 4. The minimum absolute atomic E-state index is 0.597. The van der Waals surface area contributed by atoms with Crippen LogP contribution in [0.15, 0.2) is 170 Å². The maximum atomic E-state index is 9.25. The van der Waals surface area contributed by atoms with E-state index in [1.807, 2.05) is 66.7 Å². The van der Waals surface area contributed by atoms with Crippen LogP contribution in [0.25, 0.3) is 88.7 Å². The predicted molar refractivity (Wildman–Crippen MR) is 204 cm³/mol. The molecule has 0 N–H and O–H groups in total. The zero-order valence-electron chi connectivity index (χ0n) is 27.0.